The van der Waals surface area contributed by atoms with Crippen molar-refractivity contribution in [1.29, 1.82) is 0 Å². The Balaban J connectivity index is 0.00000288. The maximum absolute atomic E-state index is 12.0. The third-order valence-corrected chi connectivity index (χ3v) is 4.36. The van der Waals surface area contributed by atoms with Crippen LogP contribution < -0.4 is 5.73 Å². The maximum atomic E-state index is 12.0. The minimum absolute atomic E-state index is 0. The monoisotopic (exact) mass is 454 g/mol. The summed E-state index contributed by atoms with van der Waals surface area (Å²) in [6.07, 6.45) is 2.44. The average molecular weight is 454 g/mol. The van der Waals surface area contributed by atoms with E-state index in [1.54, 1.807) is 4.90 Å². The highest BCUT2D eigenvalue weighted by Crippen LogP contribution is 2.25. The van der Waals surface area contributed by atoms with Crippen LogP contribution in [0, 0.1) is 5.92 Å². The molecule has 2 aliphatic rings. The van der Waals surface area contributed by atoms with Gasteiger partial charge in [0.15, 0.2) is 5.96 Å². The summed E-state index contributed by atoms with van der Waals surface area (Å²) in [7, 11) is 0. The first-order valence-corrected chi connectivity index (χ1v) is 8.47. The summed E-state index contributed by atoms with van der Waals surface area (Å²) in [6, 6.07) is 0. The van der Waals surface area contributed by atoms with Gasteiger partial charge in [0.2, 0.25) is 0 Å². The number of ether oxygens (including phenoxy) is 1. The lowest BCUT2D eigenvalue weighted by Crippen LogP contribution is -2.53. The molecule has 8 heteroatoms. The van der Waals surface area contributed by atoms with Gasteiger partial charge in [-0.15, -0.1) is 24.0 Å². The zero-order chi connectivity index (χ0) is 17.0. The number of rotatable bonds is 2. The molecule has 1 saturated carbocycles. The molecule has 1 saturated heterocycles. The van der Waals surface area contributed by atoms with Crippen molar-refractivity contribution in [2.45, 2.75) is 51.7 Å². The fourth-order valence-corrected chi connectivity index (χ4v) is 2.99. The van der Waals surface area contributed by atoms with Crippen LogP contribution in [0.3, 0.4) is 0 Å². The Kier molecular flexibility index (Phi) is 8.04. The van der Waals surface area contributed by atoms with E-state index in [0.29, 0.717) is 38.7 Å². The fraction of sp³-hybridized carbons (Fsp3) is 0.875. The van der Waals surface area contributed by atoms with E-state index in [4.69, 9.17) is 10.5 Å². The van der Waals surface area contributed by atoms with E-state index < -0.39 is 5.60 Å². The second kappa shape index (κ2) is 9.07. The van der Waals surface area contributed by atoms with E-state index >= 15 is 0 Å². The highest BCUT2D eigenvalue weighted by atomic mass is 127. The SMILES string of the molecule is CC(C)(C)OC(=O)N1CCN(C(N)=NCC2CCCC2O)CC1.I. The molecule has 0 spiro atoms. The number of piperazine rings is 1. The van der Waals surface area contributed by atoms with E-state index in [9.17, 15) is 9.90 Å². The molecule has 140 valence electrons. The number of nitrogens with zero attached hydrogens (tertiary/aromatic N) is 3. The predicted molar refractivity (Wildman–Crippen MR) is 105 cm³/mol. The number of hydrogen-bond donors (Lipinski definition) is 2. The number of aliphatic hydroxyl groups excluding tert-OH is 1. The average Bonchev–Trinajstić information content (AvgIpc) is 2.88. The molecule has 7 nitrogen and oxygen atoms in total. The van der Waals surface area contributed by atoms with Gasteiger partial charge < -0.3 is 25.4 Å². The molecule has 1 aliphatic carbocycles. The third-order valence-electron chi connectivity index (χ3n) is 4.36. The van der Waals surface area contributed by atoms with Crippen molar-refractivity contribution < 1.29 is 14.6 Å². The van der Waals surface area contributed by atoms with Crippen LogP contribution in [0.2, 0.25) is 0 Å². The summed E-state index contributed by atoms with van der Waals surface area (Å²) < 4.78 is 5.38. The van der Waals surface area contributed by atoms with E-state index in [-0.39, 0.29) is 42.1 Å². The molecule has 0 aromatic heterocycles. The molecule has 3 N–H and O–H groups in total. The highest BCUT2D eigenvalue weighted by molar-refractivity contribution is 14.0. The number of aliphatic hydroxyl groups is 1. The summed E-state index contributed by atoms with van der Waals surface area (Å²) in [5.41, 5.74) is 5.58. The number of aliphatic imine (C=N–C) groups is 1. The molecule has 2 unspecified atom stereocenters. The van der Waals surface area contributed by atoms with E-state index in [2.05, 4.69) is 4.99 Å². The number of nitrogens with two attached hydrogens (primary N) is 1. The molecule has 0 aromatic carbocycles. The maximum Gasteiger partial charge on any atom is 0.410 e. The molecule has 2 rings (SSSR count). The van der Waals surface area contributed by atoms with Crippen LogP contribution >= 0.6 is 24.0 Å². The fourth-order valence-electron chi connectivity index (χ4n) is 2.99. The van der Waals surface area contributed by atoms with Crippen molar-refractivity contribution in [3.8, 4) is 0 Å². The van der Waals surface area contributed by atoms with Crippen molar-refractivity contribution >= 4 is 36.0 Å². The molecule has 1 amide bonds. The van der Waals surface area contributed by atoms with Crippen molar-refractivity contribution in [2.75, 3.05) is 32.7 Å². The van der Waals surface area contributed by atoms with Gasteiger partial charge in [0.05, 0.1) is 6.10 Å². The number of carbonyl (C=O) groups is 1. The predicted octanol–water partition coefficient (Wildman–Crippen LogP) is 1.63. The minimum atomic E-state index is -0.475. The quantitative estimate of drug-likeness (QED) is 0.376. The first-order valence-electron chi connectivity index (χ1n) is 8.47. The lowest BCUT2D eigenvalue weighted by molar-refractivity contribution is 0.0186. The normalized spacial score (nSPS) is 25.4. The Labute approximate surface area is 161 Å². The highest BCUT2D eigenvalue weighted by Gasteiger charge is 2.27. The summed E-state index contributed by atoms with van der Waals surface area (Å²) in [4.78, 5) is 20.1. The summed E-state index contributed by atoms with van der Waals surface area (Å²) in [5, 5.41) is 9.82. The third kappa shape index (κ3) is 6.27. The molecule has 24 heavy (non-hydrogen) atoms. The topological polar surface area (TPSA) is 91.4 Å². The molecule has 0 aromatic rings. The molecule has 0 radical (unpaired) electrons. The van der Waals surface area contributed by atoms with Crippen molar-refractivity contribution in [1.82, 2.24) is 9.80 Å². The standard InChI is InChI=1S/C16H30N4O3.HI/c1-16(2,3)23-15(22)20-9-7-19(8-10-20)14(17)18-11-12-5-4-6-13(12)21;/h12-13,21H,4-11H2,1-3H3,(H2,17,18);1H. The Hall–Kier alpha value is -0.770. The Morgan fingerprint density at radius 2 is 1.79 bits per heavy atom. The smallest absolute Gasteiger partial charge is 0.410 e. The summed E-state index contributed by atoms with van der Waals surface area (Å²) >= 11 is 0. The Morgan fingerprint density at radius 3 is 2.29 bits per heavy atom. The van der Waals surface area contributed by atoms with Crippen LogP contribution in [0.4, 0.5) is 4.79 Å². The van der Waals surface area contributed by atoms with Gasteiger partial charge in [-0.1, -0.05) is 6.42 Å². The van der Waals surface area contributed by atoms with E-state index in [0.717, 1.165) is 19.3 Å². The number of guanidine groups is 1. The van der Waals surface area contributed by atoms with Gasteiger partial charge in [0.1, 0.15) is 5.60 Å². The Morgan fingerprint density at radius 1 is 1.21 bits per heavy atom. The molecule has 1 heterocycles. The van der Waals surface area contributed by atoms with Gasteiger partial charge in [-0.05, 0) is 33.6 Å². The zero-order valence-corrected chi connectivity index (χ0v) is 17.2. The van der Waals surface area contributed by atoms with Gasteiger partial charge in [-0.25, -0.2) is 4.79 Å². The molecule has 1 aliphatic heterocycles. The number of carbonyl (C=O) groups excluding carboxylic acids is 1. The van der Waals surface area contributed by atoms with Crippen molar-refractivity contribution in [2.24, 2.45) is 16.6 Å². The number of hydrogen-bond acceptors (Lipinski definition) is 4. The van der Waals surface area contributed by atoms with Gasteiger partial charge >= 0.3 is 6.09 Å². The van der Waals surface area contributed by atoms with Crippen molar-refractivity contribution in [3.05, 3.63) is 0 Å². The Bertz CT molecular complexity index is 445. The van der Waals surface area contributed by atoms with Crippen LogP contribution in [0.25, 0.3) is 0 Å². The molecular formula is C16H31IN4O3. The second-order valence-electron chi connectivity index (χ2n) is 7.41. The lowest BCUT2D eigenvalue weighted by atomic mass is 10.1. The lowest BCUT2D eigenvalue weighted by Gasteiger charge is -2.36. The largest absolute Gasteiger partial charge is 0.444 e. The zero-order valence-electron chi connectivity index (χ0n) is 14.9. The summed E-state index contributed by atoms with van der Waals surface area (Å²) in [5.74, 6) is 0.740. The molecular weight excluding hydrogens is 423 g/mol. The van der Waals surface area contributed by atoms with Gasteiger partial charge in [-0.2, -0.15) is 0 Å². The minimum Gasteiger partial charge on any atom is -0.444 e. The molecule has 0 bridgehead atoms. The molecule has 2 fully saturated rings. The van der Waals surface area contributed by atoms with Crippen LogP contribution in [0.1, 0.15) is 40.0 Å². The van der Waals surface area contributed by atoms with Crippen LogP contribution in [-0.4, -0.2) is 71.4 Å². The van der Waals surface area contributed by atoms with Crippen LogP contribution in [0.15, 0.2) is 4.99 Å². The van der Waals surface area contributed by atoms with E-state index in [1.807, 2.05) is 25.7 Å². The first kappa shape index (κ1) is 21.3. The van der Waals surface area contributed by atoms with Crippen LogP contribution in [0.5, 0.6) is 0 Å². The van der Waals surface area contributed by atoms with Crippen LogP contribution in [-0.2, 0) is 4.74 Å². The molecule has 2 atom stereocenters. The number of halogens is 1. The van der Waals surface area contributed by atoms with E-state index in [1.165, 1.54) is 0 Å². The van der Waals surface area contributed by atoms with Crippen molar-refractivity contribution in [3.63, 3.8) is 0 Å². The van der Waals surface area contributed by atoms with Gasteiger partial charge in [0.25, 0.3) is 0 Å². The first-order chi connectivity index (χ1) is 10.8. The second-order valence-corrected chi connectivity index (χ2v) is 7.41. The number of amides is 1. The van der Waals surface area contributed by atoms with Gasteiger partial charge in [0, 0.05) is 38.6 Å². The van der Waals surface area contributed by atoms with Gasteiger partial charge in [-0.3, -0.25) is 4.99 Å². The summed E-state index contributed by atoms with van der Waals surface area (Å²) in [6.45, 7) is 8.65.